The smallest absolute Gasteiger partial charge is 0.481 e. The predicted molar refractivity (Wildman–Crippen MR) is 156 cm³/mol. The van der Waals surface area contributed by atoms with Gasteiger partial charge in [0, 0.05) is 5.92 Å². The zero-order chi connectivity index (χ0) is 31.1. The van der Waals surface area contributed by atoms with E-state index in [1.807, 2.05) is 48.5 Å². The van der Waals surface area contributed by atoms with E-state index in [-0.39, 0.29) is 17.6 Å². The molecule has 2 aromatic carbocycles. The molecule has 0 radical (unpaired) electrons. The van der Waals surface area contributed by atoms with E-state index in [4.69, 9.17) is 25.0 Å². The van der Waals surface area contributed by atoms with Crippen LogP contribution in [0.3, 0.4) is 0 Å². The van der Waals surface area contributed by atoms with Crippen LogP contribution in [0.25, 0.3) is 11.1 Å². The van der Waals surface area contributed by atoms with Crippen LogP contribution in [0.1, 0.15) is 5.56 Å². The SMILES string of the molecule is COc1cc(-c2ccccc2)ccc1C[PH]1=CN([C@@H]2O[C@H](COP(=O)(O)OP(=O)(O)O)[C@@H](O)[C@H]2O)c2nc(N)nc(O)c21. The Balaban J connectivity index is 1.42. The first-order chi connectivity index (χ1) is 20.3. The largest absolute Gasteiger partial charge is 0.496 e. The number of hydrogen-bond acceptors (Lipinski definition) is 13. The Labute approximate surface area is 245 Å². The maximum absolute atomic E-state index is 11.9. The molecule has 19 heteroatoms. The highest BCUT2D eigenvalue weighted by molar-refractivity contribution is 7.65. The molecule has 2 aliphatic heterocycles. The van der Waals surface area contributed by atoms with Crippen molar-refractivity contribution in [2.24, 2.45) is 0 Å². The Bertz CT molecular complexity index is 1640. The third-order valence-corrected chi connectivity index (χ3v) is 11.3. The molecule has 1 saturated heterocycles. The zero-order valence-corrected chi connectivity index (χ0v) is 25.2. The van der Waals surface area contributed by atoms with Crippen LogP contribution < -0.4 is 20.7 Å². The molecule has 3 heterocycles. The number of nitrogens with two attached hydrogens (primary N) is 1. The summed E-state index contributed by atoms with van der Waals surface area (Å²) in [6.45, 7) is -0.872. The lowest BCUT2D eigenvalue weighted by molar-refractivity contribution is -0.0186. The first kappa shape index (κ1) is 31.6. The summed E-state index contributed by atoms with van der Waals surface area (Å²) in [5, 5.41) is 32.6. The number of benzene rings is 2. The molecular weight excluding hydrogens is 629 g/mol. The molecule has 8 N–H and O–H groups in total. The first-order valence-electron chi connectivity index (χ1n) is 12.6. The summed E-state index contributed by atoms with van der Waals surface area (Å²) in [5.74, 6) is 1.82. The molecular formula is C24H29N4O12P3. The van der Waals surface area contributed by atoms with Gasteiger partial charge in [-0.1, -0.05) is 50.0 Å². The minimum absolute atomic E-state index is 0.134. The number of methoxy groups -OCH3 is 1. The first-order valence-corrected chi connectivity index (χ1v) is 17.4. The summed E-state index contributed by atoms with van der Waals surface area (Å²) in [5.41, 5.74) is 8.57. The van der Waals surface area contributed by atoms with E-state index in [1.54, 1.807) is 13.0 Å². The third kappa shape index (κ3) is 6.96. The van der Waals surface area contributed by atoms with Crippen molar-refractivity contribution in [3.05, 3.63) is 54.1 Å². The van der Waals surface area contributed by atoms with Crippen molar-refractivity contribution in [1.82, 2.24) is 9.97 Å². The monoisotopic (exact) mass is 658 g/mol. The summed E-state index contributed by atoms with van der Waals surface area (Å²) in [6, 6.07) is 15.5. The molecule has 0 saturated carbocycles. The van der Waals surface area contributed by atoms with Crippen molar-refractivity contribution in [3.63, 3.8) is 0 Å². The summed E-state index contributed by atoms with van der Waals surface area (Å²) in [4.78, 5) is 36.7. The Morgan fingerprint density at radius 2 is 1.77 bits per heavy atom. The van der Waals surface area contributed by atoms with Crippen LogP contribution in [0.4, 0.5) is 11.8 Å². The van der Waals surface area contributed by atoms with Crippen molar-refractivity contribution in [1.29, 1.82) is 0 Å². The topological polar surface area (TPSA) is 247 Å². The van der Waals surface area contributed by atoms with Gasteiger partial charge in [-0.3, -0.25) is 4.52 Å². The van der Waals surface area contributed by atoms with Crippen molar-refractivity contribution >= 4 is 46.2 Å². The molecule has 232 valence electrons. The summed E-state index contributed by atoms with van der Waals surface area (Å²) >= 11 is 0. The van der Waals surface area contributed by atoms with Crippen LogP contribution in [-0.4, -0.2) is 84.1 Å². The molecule has 5 rings (SSSR count). The van der Waals surface area contributed by atoms with Crippen LogP contribution in [0.2, 0.25) is 0 Å². The Morgan fingerprint density at radius 3 is 2.44 bits per heavy atom. The fourth-order valence-corrected chi connectivity index (χ4v) is 9.00. The van der Waals surface area contributed by atoms with Gasteiger partial charge in [0.05, 0.1) is 19.0 Å². The number of aliphatic hydroxyl groups excluding tert-OH is 2. The van der Waals surface area contributed by atoms with E-state index in [0.29, 0.717) is 17.2 Å². The summed E-state index contributed by atoms with van der Waals surface area (Å²) < 4.78 is 42.5. The Morgan fingerprint density at radius 1 is 1.05 bits per heavy atom. The second-order valence-electron chi connectivity index (χ2n) is 9.62. The van der Waals surface area contributed by atoms with Crippen LogP contribution in [0.15, 0.2) is 48.5 Å². The average Bonchev–Trinajstić information content (AvgIpc) is 3.43. The van der Waals surface area contributed by atoms with Gasteiger partial charge in [0.2, 0.25) is 11.8 Å². The van der Waals surface area contributed by atoms with Gasteiger partial charge in [-0.05, 0) is 28.9 Å². The maximum Gasteiger partial charge on any atom is 0.481 e. The second-order valence-corrected chi connectivity index (χ2v) is 14.6. The predicted octanol–water partition coefficient (Wildman–Crippen LogP) is 0.732. The number of rotatable bonds is 10. The van der Waals surface area contributed by atoms with Crippen LogP contribution in [0, 0.1) is 0 Å². The molecule has 0 amide bonds. The number of nitrogens with zero attached hydrogens (tertiary/aromatic N) is 3. The number of aromatic nitrogens is 2. The minimum Gasteiger partial charge on any atom is -0.496 e. The molecule has 2 unspecified atom stereocenters. The highest BCUT2D eigenvalue weighted by Crippen LogP contribution is 2.57. The molecule has 2 aliphatic rings. The molecule has 1 aromatic heterocycles. The second kappa shape index (κ2) is 12.3. The number of phosphoric ester groups is 1. The van der Waals surface area contributed by atoms with Crippen molar-refractivity contribution < 1.29 is 57.4 Å². The van der Waals surface area contributed by atoms with E-state index in [2.05, 4.69) is 18.8 Å². The molecule has 16 nitrogen and oxygen atoms in total. The third-order valence-electron chi connectivity index (χ3n) is 6.75. The molecule has 0 aliphatic carbocycles. The van der Waals surface area contributed by atoms with Crippen molar-refractivity contribution in [3.8, 4) is 22.8 Å². The normalized spacial score (nSPS) is 24.8. The van der Waals surface area contributed by atoms with Gasteiger partial charge in [-0.25, -0.2) is 9.13 Å². The lowest BCUT2D eigenvalue weighted by Gasteiger charge is -2.26. The van der Waals surface area contributed by atoms with E-state index in [0.717, 1.165) is 16.7 Å². The van der Waals surface area contributed by atoms with E-state index in [1.165, 1.54) is 4.90 Å². The summed E-state index contributed by atoms with van der Waals surface area (Å²) in [7, 11) is -10.9. The number of nitrogen functional groups attached to an aromatic ring is 1. The van der Waals surface area contributed by atoms with Crippen LogP contribution >= 0.6 is 23.2 Å². The summed E-state index contributed by atoms with van der Waals surface area (Å²) in [6.07, 6.45) is -5.63. The van der Waals surface area contributed by atoms with Crippen molar-refractivity contribution in [2.45, 2.75) is 30.7 Å². The lowest BCUT2D eigenvalue weighted by Crippen LogP contribution is -2.43. The lowest BCUT2D eigenvalue weighted by atomic mass is 10.0. The highest BCUT2D eigenvalue weighted by atomic mass is 31.3. The fourth-order valence-electron chi connectivity index (χ4n) is 4.88. The van der Waals surface area contributed by atoms with Gasteiger partial charge in [0.1, 0.15) is 24.1 Å². The van der Waals surface area contributed by atoms with Gasteiger partial charge in [-0.2, -0.15) is 14.3 Å². The van der Waals surface area contributed by atoms with Crippen LogP contribution in [-0.2, 0) is 28.9 Å². The number of fused-ring (bicyclic) bond motifs is 1. The van der Waals surface area contributed by atoms with Crippen molar-refractivity contribution in [2.75, 3.05) is 24.4 Å². The molecule has 43 heavy (non-hydrogen) atoms. The number of aromatic hydroxyl groups is 1. The standard InChI is InChI=1S/C24H29N4O12P3/c1-37-16-9-14(13-5-3-2-4-6-13)7-8-15(16)11-41-12-28(21-20(41)22(31)27-24(25)26-21)23-19(30)18(29)17(39-23)10-38-43(35,36)40-42(32,33)34/h2-9,12,17-19,23,29-30,41H,10-11H2,1H3,(H,35,36)(H2,32,33,34)(H3,25,26,27,31)/t17-,18-,19-,23-/m1/s1. The average molecular weight is 658 g/mol. The Hall–Kier alpha value is -2.84. The van der Waals surface area contributed by atoms with Crippen LogP contribution in [0.5, 0.6) is 11.6 Å². The molecule has 6 atom stereocenters. The van der Waals surface area contributed by atoms with Gasteiger partial charge >= 0.3 is 15.6 Å². The van der Waals surface area contributed by atoms with E-state index >= 15 is 0 Å². The van der Waals surface area contributed by atoms with E-state index in [9.17, 15) is 29.3 Å². The highest BCUT2D eigenvalue weighted by Gasteiger charge is 2.48. The van der Waals surface area contributed by atoms with Gasteiger partial charge in [-0.15, -0.1) is 0 Å². The number of phosphoric acid groups is 2. The fraction of sp³-hybridized carbons (Fsp3) is 0.292. The molecule has 0 bridgehead atoms. The van der Waals surface area contributed by atoms with Gasteiger partial charge < -0.3 is 50.1 Å². The number of hydrogen-bond donors (Lipinski definition) is 7. The minimum atomic E-state index is -5.37. The van der Waals surface area contributed by atoms with E-state index < -0.39 is 54.3 Å². The Kier molecular flexibility index (Phi) is 9.01. The van der Waals surface area contributed by atoms with Gasteiger partial charge in [0.15, 0.2) is 12.0 Å². The number of ether oxygens (including phenoxy) is 2. The molecule has 3 aromatic rings. The molecule has 0 spiro atoms. The number of aliphatic hydroxyl groups is 2. The maximum atomic E-state index is 11.9. The quantitative estimate of drug-likeness (QED) is 0.148. The van der Waals surface area contributed by atoms with Gasteiger partial charge in [0.25, 0.3) is 0 Å². The zero-order valence-electron chi connectivity index (χ0n) is 22.4. The molecule has 1 fully saturated rings. The number of anilines is 2.